The van der Waals surface area contributed by atoms with Crippen LogP contribution in [0.15, 0.2) is 53.1 Å². The van der Waals surface area contributed by atoms with E-state index in [9.17, 15) is 4.79 Å². The van der Waals surface area contributed by atoms with Crippen LogP contribution in [0.5, 0.6) is 0 Å². The molecule has 0 saturated heterocycles. The number of hydrogen-bond donors (Lipinski definition) is 1. The fraction of sp³-hybridized carbons (Fsp3) is 0.150. The number of carbonyl (C=O) groups is 1. The Morgan fingerprint density at radius 1 is 1.12 bits per heavy atom. The molecule has 0 aliphatic rings. The van der Waals surface area contributed by atoms with E-state index in [1.165, 1.54) is 22.5 Å². The van der Waals surface area contributed by atoms with Gasteiger partial charge in [-0.25, -0.2) is 0 Å². The van der Waals surface area contributed by atoms with Crippen molar-refractivity contribution in [2.45, 2.75) is 20.3 Å². The van der Waals surface area contributed by atoms with Crippen LogP contribution >= 0.6 is 11.3 Å². The summed E-state index contributed by atoms with van der Waals surface area (Å²) in [5, 5.41) is 13.3. The molecule has 2 heterocycles. The van der Waals surface area contributed by atoms with Gasteiger partial charge in [-0.3, -0.25) is 4.79 Å². The van der Waals surface area contributed by atoms with Crippen LogP contribution in [0.3, 0.4) is 0 Å². The van der Waals surface area contributed by atoms with Gasteiger partial charge < -0.3 is 9.73 Å². The summed E-state index contributed by atoms with van der Waals surface area (Å²) in [7, 11) is 0. The Morgan fingerprint density at radius 2 is 1.88 bits per heavy atom. The molecule has 0 aliphatic heterocycles. The number of anilines is 1. The number of rotatable bonds is 4. The van der Waals surface area contributed by atoms with Gasteiger partial charge in [0.2, 0.25) is 11.0 Å². The number of hydrogen-bond acceptors (Lipinski definition) is 5. The molecule has 0 saturated carbocycles. The smallest absolute Gasteiger partial charge is 0.230 e. The maximum atomic E-state index is 12.4. The summed E-state index contributed by atoms with van der Waals surface area (Å²) in [5.41, 5.74) is 5.01. The average molecular weight is 363 g/mol. The minimum Gasteiger partial charge on any atom is -0.464 e. The zero-order valence-electron chi connectivity index (χ0n) is 14.4. The molecule has 4 aromatic rings. The molecule has 4 rings (SSSR count). The van der Waals surface area contributed by atoms with Gasteiger partial charge >= 0.3 is 0 Å². The number of carbonyl (C=O) groups excluding carboxylic acids is 1. The normalized spacial score (nSPS) is 11.0. The quantitative estimate of drug-likeness (QED) is 0.568. The van der Waals surface area contributed by atoms with Crippen molar-refractivity contribution in [3.05, 3.63) is 65.4 Å². The third-order valence-corrected chi connectivity index (χ3v) is 5.20. The number of nitrogens with one attached hydrogen (secondary N) is 1. The average Bonchev–Trinajstić information content (AvgIpc) is 3.24. The molecular formula is C20H17N3O2S. The van der Waals surface area contributed by atoms with Crippen molar-refractivity contribution >= 4 is 33.3 Å². The first-order valence-electron chi connectivity index (χ1n) is 8.26. The highest BCUT2D eigenvalue weighted by atomic mass is 32.1. The maximum absolute atomic E-state index is 12.4. The van der Waals surface area contributed by atoms with Crippen molar-refractivity contribution in [2.24, 2.45) is 0 Å². The van der Waals surface area contributed by atoms with Crippen molar-refractivity contribution < 1.29 is 9.21 Å². The molecule has 0 aliphatic carbocycles. The molecule has 0 spiro atoms. The maximum Gasteiger partial charge on any atom is 0.230 e. The first-order valence-corrected chi connectivity index (χ1v) is 9.08. The lowest BCUT2D eigenvalue weighted by molar-refractivity contribution is -0.115. The highest BCUT2D eigenvalue weighted by molar-refractivity contribution is 7.18. The van der Waals surface area contributed by atoms with E-state index in [1.807, 2.05) is 43.3 Å². The van der Waals surface area contributed by atoms with E-state index >= 15 is 0 Å². The Bertz CT molecular complexity index is 1080. The summed E-state index contributed by atoms with van der Waals surface area (Å²) in [4.78, 5) is 12.4. The van der Waals surface area contributed by atoms with E-state index < -0.39 is 0 Å². The van der Waals surface area contributed by atoms with E-state index in [2.05, 4.69) is 28.5 Å². The van der Waals surface area contributed by atoms with Crippen molar-refractivity contribution in [3.8, 4) is 10.6 Å². The standard InChI is InChI=1S/C20H17N3O2S/c1-12-8-16-15(11-25-17(16)9-13(12)2)10-18(24)21-20-23-22-19(26-20)14-6-4-3-5-7-14/h3-9,11H,10H2,1-2H3,(H,21,23,24). The lowest BCUT2D eigenvalue weighted by Crippen LogP contribution is -2.14. The number of furan rings is 1. The van der Waals surface area contributed by atoms with Crippen LogP contribution < -0.4 is 5.32 Å². The number of fused-ring (bicyclic) bond motifs is 1. The fourth-order valence-electron chi connectivity index (χ4n) is 2.78. The van der Waals surface area contributed by atoms with Gasteiger partial charge in [-0.05, 0) is 37.1 Å². The molecule has 1 amide bonds. The van der Waals surface area contributed by atoms with Crippen molar-refractivity contribution in [1.82, 2.24) is 10.2 Å². The van der Waals surface area contributed by atoms with E-state index in [4.69, 9.17) is 4.42 Å². The van der Waals surface area contributed by atoms with Gasteiger partial charge in [0.15, 0.2) is 0 Å². The first-order chi connectivity index (χ1) is 12.6. The summed E-state index contributed by atoms with van der Waals surface area (Å²) in [6.45, 7) is 4.10. The zero-order valence-corrected chi connectivity index (χ0v) is 15.3. The van der Waals surface area contributed by atoms with E-state index in [0.717, 1.165) is 27.1 Å². The molecule has 130 valence electrons. The molecule has 5 nitrogen and oxygen atoms in total. The Balaban J connectivity index is 1.50. The SMILES string of the molecule is Cc1cc2occ(CC(=O)Nc3nnc(-c4ccccc4)s3)c2cc1C. The molecule has 0 fully saturated rings. The van der Waals surface area contributed by atoms with Crippen molar-refractivity contribution in [3.63, 3.8) is 0 Å². The number of benzene rings is 2. The number of aromatic nitrogens is 2. The summed E-state index contributed by atoms with van der Waals surface area (Å²) in [6.07, 6.45) is 1.88. The van der Waals surface area contributed by atoms with Crippen LogP contribution in [0.4, 0.5) is 5.13 Å². The lowest BCUT2D eigenvalue weighted by atomic mass is 10.0. The zero-order chi connectivity index (χ0) is 18.1. The summed E-state index contributed by atoms with van der Waals surface area (Å²) in [5.74, 6) is -0.137. The third-order valence-electron chi connectivity index (χ3n) is 4.31. The van der Waals surface area contributed by atoms with Crippen LogP contribution in [0, 0.1) is 13.8 Å². The summed E-state index contributed by atoms with van der Waals surface area (Å²) < 4.78 is 5.59. The number of amides is 1. The van der Waals surface area contributed by atoms with Crippen LogP contribution in [-0.2, 0) is 11.2 Å². The molecule has 2 aromatic heterocycles. The van der Waals surface area contributed by atoms with Gasteiger partial charge in [0.1, 0.15) is 10.6 Å². The van der Waals surface area contributed by atoms with Crippen LogP contribution in [-0.4, -0.2) is 16.1 Å². The fourth-order valence-corrected chi connectivity index (χ4v) is 3.55. The Labute approximate surface area is 154 Å². The Hall–Kier alpha value is -2.99. The third kappa shape index (κ3) is 3.23. The second kappa shape index (κ2) is 6.72. The molecule has 1 N–H and O–H groups in total. The minimum absolute atomic E-state index is 0.137. The number of nitrogens with zero attached hydrogens (tertiary/aromatic N) is 2. The van der Waals surface area contributed by atoms with Gasteiger partial charge in [-0.1, -0.05) is 41.7 Å². The van der Waals surface area contributed by atoms with Gasteiger partial charge in [-0.2, -0.15) is 0 Å². The minimum atomic E-state index is -0.137. The highest BCUT2D eigenvalue weighted by Gasteiger charge is 2.14. The molecule has 0 atom stereocenters. The monoisotopic (exact) mass is 363 g/mol. The van der Waals surface area contributed by atoms with E-state index in [-0.39, 0.29) is 12.3 Å². The van der Waals surface area contributed by atoms with Crippen LogP contribution in [0.25, 0.3) is 21.5 Å². The van der Waals surface area contributed by atoms with Crippen molar-refractivity contribution in [2.75, 3.05) is 5.32 Å². The lowest BCUT2D eigenvalue weighted by Gasteiger charge is -2.02. The first kappa shape index (κ1) is 16.5. The van der Waals surface area contributed by atoms with Gasteiger partial charge in [-0.15, -0.1) is 10.2 Å². The molecule has 0 radical (unpaired) electrons. The molecule has 6 heteroatoms. The van der Waals surface area contributed by atoms with Gasteiger partial charge in [0.25, 0.3) is 0 Å². The predicted molar refractivity (Wildman–Crippen MR) is 103 cm³/mol. The largest absolute Gasteiger partial charge is 0.464 e. The summed E-state index contributed by atoms with van der Waals surface area (Å²) in [6, 6.07) is 13.8. The second-order valence-corrected chi connectivity index (χ2v) is 7.17. The van der Waals surface area contributed by atoms with Crippen LogP contribution in [0.1, 0.15) is 16.7 Å². The van der Waals surface area contributed by atoms with Gasteiger partial charge in [0, 0.05) is 16.5 Å². The molecule has 26 heavy (non-hydrogen) atoms. The van der Waals surface area contributed by atoms with Crippen LogP contribution in [0.2, 0.25) is 0 Å². The molecule has 0 bridgehead atoms. The van der Waals surface area contributed by atoms with Crippen molar-refractivity contribution in [1.29, 1.82) is 0 Å². The molecule has 0 unspecified atom stereocenters. The van der Waals surface area contributed by atoms with E-state index in [1.54, 1.807) is 6.26 Å². The molecular weight excluding hydrogens is 346 g/mol. The van der Waals surface area contributed by atoms with E-state index in [0.29, 0.717) is 5.13 Å². The topological polar surface area (TPSA) is 68.0 Å². The Kier molecular flexibility index (Phi) is 4.26. The summed E-state index contributed by atoms with van der Waals surface area (Å²) >= 11 is 1.36. The molecule has 2 aromatic carbocycles. The second-order valence-electron chi connectivity index (χ2n) is 6.20. The van der Waals surface area contributed by atoms with Gasteiger partial charge in [0.05, 0.1) is 12.7 Å². The number of aryl methyl sites for hydroxylation is 2. The Morgan fingerprint density at radius 3 is 2.69 bits per heavy atom. The predicted octanol–water partition coefficient (Wildman–Crippen LogP) is 4.75. The highest BCUT2D eigenvalue weighted by Crippen LogP contribution is 2.27.